The molecule has 118 valence electrons. The second kappa shape index (κ2) is 5.76. The van der Waals surface area contributed by atoms with Crippen molar-refractivity contribution in [3.05, 3.63) is 56.7 Å². The first-order valence-electron chi connectivity index (χ1n) is 7.42. The molecule has 1 aliphatic heterocycles. The average molecular weight is 407 g/mol. The summed E-state index contributed by atoms with van der Waals surface area (Å²) in [6.07, 6.45) is 0. The van der Waals surface area contributed by atoms with Crippen molar-refractivity contribution in [3.8, 4) is 0 Å². The Kier molecular flexibility index (Phi) is 3.86. The van der Waals surface area contributed by atoms with Crippen molar-refractivity contribution in [1.82, 2.24) is 9.55 Å². The van der Waals surface area contributed by atoms with Crippen LogP contribution in [0.2, 0.25) is 0 Å². The molecule has 6 heteroatoms. The van der Waals surface area contributed by atoms with E-state index in [2.05, 4.69) is 56.7 Å². The minimum atomic E-state index is -0.0968. The normalized spacial score (nSPS) is 20.7. The summed E-state index contributed by atoms with van der Waals surface area (Å²) in [5.41, 5.74) is 2.21. The van der Waals surface area contributed by atoms with Crippen LogP contribution in [0, 0.1) is 13.8 Å². The number of thioether (sulfide) groups is 1. The summed E-state index contributed by atoms with van der Waals surface area (Å²) in [7, 11) is 0. The van der Waals surface area contributed by atoms with E-state index in [-0.39, 0.29) is 11.6 Å². The molecule has 2 atom stereocenters. The quantitative estimate of drug-likeness (QED) is 0.439. The molecule has 3 heterocycles. The van der Waals surface area contributed by atoms with E-state index in [9.17, 15) is 4.79 Å². The summed E-state index contributed by atoms with van der Waals surface area (Å²) in [5, 5.41) is 1.60. The molecule has 3 nitrogen and oxygen atoms in total. The Morgan fingerprint density at radius 2 is 2.00 bits per heavy atom. The van der Waals surface area contributed by atoms with Gasteiger partial charge in [0.1, 0.15) is 4.83 Å². The van der Waals surface area contributed by atoms with Gasteiger partial charge in [0.05, 0.1) is 11.4 Å². The van der Waals surface area contributed by atoms with Gasteiger partial charge >= 0.3 is 0 Å². The number of nitrogens with zero attached hydrogens (tertiary/aromatic N) is 2. The Labute approximate surface area is 150 Å². The molecule has 0 radical (unpaired) electrons. The molecule has 23 heavy (non-hydrogen) atoms. The summed E-state index contributed by atoms with van der Waals surface area (Å²) >= 11 is 7.20. The molecule has 0 spiro atoms. The fourth-order valence-corrected chi connectivity index (χ4v) is 6.24. The van der Waals surface area contributed by atoms with Crippen LogP contribution in [0.15, 0.2) is 40.3 Å². The predicted molar refractivity (Wildman–Crippen MR) is 101 cm³/mol. The minimum Gasteiger partial charge on any atom is -0.303 e. The molecule has 0 bridgehead atoms. The molecule has 0 aliphatic carbocycles. The Morgan fingerprint density at radius 1 is 1.26 bits per heavy atom. The van der Waals surface area contributed by atoms with Crippen LogP contribution in [0.25, 0.3) is 10.2 Å². The first-order valence-corrected chi connectivity index (χ1v) is 10.1. The third kappa shape index (κ3) is 2.39. The maximum atomic E-state index is 12.5. The van der Waals surface area contributed by atoms with Gasteiger partial charge in [0, 0.05) is 15.5 Å². The summed E-state index contributed by atoms with van der Waals surface area (Å²) in [4.78, 5) is 19.4. The number of hydrogen-bond acceptors (Lipinski definition) is 4. The number of benzene rings is 1. The van der Waals surface area contributed by atoms with E-state index < -0.39 is 0 Å². The molecule has 2 aromatic heterocycles. The molecule has 3 aromatic rings. The lowest BCUT2D eigenvalue weighted by atomic mass is 10.0. The van der Waals surface area contributed by atoms with Gasteiger partial charge in [0.15, 0.2) is 5.16 Å². The van der Waals surface area contributed by atoms with Gasteiger partial charge in [0.2, 0.25) is 0 Å². The van der Waals surface area contributed by atoms with E-state index in [1.807, 2.05) is 13.0 Å². The van der Waals surface area contributed by atoms with Gasteiger partial charge in [-0.25, -0.2) is 0 Å². The van der Waals surface area contributed by atoms with Gasteiger partial charge in [0.25, 0.3) is 5.56 Å². The van der Waals surface area contributed by atoms with E-state index in [4.69, 9.17) is 0 Å². The zero-order valence-electron chi connectivity index (χ0n) is 12.7. The number of aromatic nitrogens is 2. The SMILES string of the molecule is Cc1sc2c(c1C)c(=O)nc1n2[C@@H](c2ccccc2)[C@H](Br)CS1. The molecule has 1 aliphatic rings. The summed E-state index contributed by atoms with van der Waals surface area (Å²) < 4.78 is 2.25. The van der Waals surface area contributed by atoms with Gasteiger partial charge in [-0.1, -0.05) is 58.0 Å². The molecule has 0 saturated carbocycles. The number of fused-ring (bicyclic) bond motifs is 3. The van der Waals surface area contributed by atoms with Crippen LogP contribution in [0.3, 0.4) is 0 Å². The first kappa shape index (κ1) is 15.4. The van der Waals surface area contributed by atoms with Crippen molar-refractivity contribution in [2.24, 2.45) is 0 Å². The predicted octanol–water partition coefficient (Wildman–Crippen LogP) is 4.53. The highest BCUT2D eigenvalue weighted by molar-refractivity contribution is 9.09. The van der Waals surface area contributed by atoms with Crippen LogP contribution >= 0.6 is 39.0 Å². The minimum absolute atomic E-state index is 0.0968. The number of halogens is 1. The van der Waals surface area contributed by atoms with Crippen LogP contribution < -0.4 is 5.56 Å². The van der Waals surface area contributed by atoms with Crippen LogP contribution in [0.5, 0.6) is 0 Å². The van der Waals surface area contributed by atoms with Gasteiger partial charge in [-0.15, -0.1) is 11.3 Å². The number of rotatable bonds is 1. The molecule has 4 rings (SSSR count). The molecule has 0 unspecified atom stereocenters. The monoisotopic (exact) mass is 406 g/mol. The third-order valence-electron chi connectivity index (χ3n) is 4.34. The standard InChI is InChI=1S/C17H15BrN2OS2/c1-9-10(2)23-16-13(9)15(21)19-17-20(16)14(12(18)8-22-17)11-6-4-3-5-7-11/h3-7,12,14H,8H2,1-2H3/t12-,14+/m1/s1. The van der Waals surface area contributed by atoms with E-state index >= 15 is 0 Å². The maximum absolute atomic E-state index is 12.5. The van der Waals surface area contributed by atoms with Crippen molar-refractivity contribution in [2.75, 3.05) is 5.75 Å². The highest BCUT2D eigenvalue weighted by atomic mass is 79.9. The average Bonchev–Trinajstić information content (AvgIpc) is 2.85. The molecular weight excluding hydrogens is 392 g/mol. The molecule has 0 N–H and O–H groups in total. The molecule has 0 fully saturated rings. The van der Waals surface area contributed by atoms with Crippen molar-refractivity contribution in [3.63, 3.8) is 0 Å². The van der Waals surface area contributed by atoms with Crippen molar-refractivity contribution < 1.29 is 0 Å². The highest BCUT2D eigenvalue weighted by Crippen LogP contribution is 2.42. The van der Waals surface area contributed by atoms with Crippen LogP contribution in [-0.2, 0) is 0 Å². The number of alkyl halides is 1. The van der Waals surface area contributed by atoms with Crippen LogP contribution in [-0.4, -0.2) is 20.1 Å². The topological polar surface area (TPSA) is 34.9 Å². The lowest BCUT2D eigenvalue weighted by Gasteiger charge is -2.32. The molecule has 1 aromatic carbocycles. The number of hydrogen-bond donors (Lipinski definition) is 0. The van der Waals surface area contributed by atoms with E-state index in [1.54, 1.807) is 23.1 Å². The fraction of sp³-hybridized carbons (Fsp3) is 0.294. The lowest BCUT2D eigenvalue weighted by molar-refractivity contribution is 0.531. The van der Waals surface area contributed by atoms with Crippen molar-refractivity contribution in [1.29, 1.82) is 0 Å². The number of aryl methyl sites for hydroxylation is 2. The Balaban J connectivity index is 2.08. The van der Waals surface area contributed by atoms with Gasteiger partial charge in [-0.2, -0.15) is 4.98 Å². The Bertz CT molecular complexity index is 949. The van der Waals surface area contributed by atoms with Gasteiger partial charge < -0.3 is 4.57 Å². The Hall–Kier alpha value is -1.11. The number of thiophene rings is 1. The van der Waals surface area contributed by atoms with E-state index in [1.165, 1.54) is 10.4 Å². The van der Waals surface area contributed by atoms with E-state index in [0.717, 1.165) is 26.7 Å². The largest absolute Gasteiger partial charge is 0.303 e. The third-order valence-corrected chi connectivity index (χ3v) is 7.87. The smallest absolute Gasteiger partial charge is 0.282 e. The lowest BCUT2D eigenvalue weighted by Crippen LogP contribution is -2.31. The van der Waals surface area contributed by atoms with Crippen molar-refractivity contribution in [2.45, 2.75) is 29.9 Å². The molecular formula is C17H15BrN2OS2. The Morgan fingerprint density at radius 3 is 2.74 bits per heavy atom. The summed E-state index contributed by atoms with van der Waals surface area (Å²) in [6, 6.07) is 10.6. The zero-order valence-corrected chi connectivity index (χ0v) is 16.0. The van der Waals surface area contributed by atoms with Crippen LogP contribution in [0.1, 0.15) is 22.0 Å². The molecule has 0 amide bonds. The van der Waals surface area contributed by atoms with Crippen LogP contribution in [0.4, 0.5) is 0 Å². The first-order chi connectivity index (χ1) is 11.1. The van der Waals surface area contributed by atoms with Gasteiger partial charge in [-0.3, -0.25) is 4.79 Å². The summed E-state index contributed by atoms with van der Waals surface area (Å²) in [6.45, 7) is 4.09. The maximum Gasteiger partial charge on any atom is 0.282 e. The zero-order chi connectivity index (χ0) is 16.1. The second-order valence-corrected chi connectivity index (χ2v) is 9.08. The fourth-order valence-electron chi connectivity index (χ4n) is 3.08. The van der Waals surface area contributed by atoms with Gasteiger partial charge in [-0.05, 0) is 25.0 Å². The summed E-state index contributed by atoms with van der Waals surface area (Å²) in [5.74, 6) is 0.904. The van der Waals surface area contributed by atoms with Crippen molar-refractivity contribution >= 4 is 49.2 Å². The second-order valence-electron chi connectivity index (χ2n) is 5.72. The van der Waals surface area contributed by atoms with E-state index in [0.29, 0.717) is 4.83 Å². The highest BCUT2D eigenvalue weighted by Gasteiger charge is 2.32. The molecule has 0 saturated heterocycles.